The molecule has 0 saturated heterocycles. The van der Waals surface area contributed by atoms with Crippen molar-refractivity contribution in [1.29, 1.82) is 0 Å². The topological polar surface area (TPSA) is 112 Å². The van der Waals surface area contributed by atoms with E-state index in [9.17, 15) is 29.7 Å². The number of halogens is 2. The van der Waals surface area contributed by atoms with E-state index in [2.05, 4.69) is 0 Å². The average molecular weight is 482 g/mol. The Hall–Kier alpha value is -2.35. The number of Topliss-reactive ketones (excluding diaryl/α,β-unsaturated/α-hetero) is 1. The molecule has 0 atom stereocenters. The maximum atomic E-state index is 12.3. The summed E-state index contributed by atoms with van der Waals surface area (Å²) in [6, 6.07) is 7.59. The van der Waals surface area contributed by atoms with E-state index in [-0.39, 0.29) is 56.3 Å². The molecule has 0 unspecified atom stereocenters. The fourth-order valence-electron chi connectivity index (χ4n) is 3.36. The zero-order chi connectivity index (χ0) is 23.0. The molecule has 1 aliphatic rings. The monoisotopic (exact) mass is 481 g/mol. The Morgan fingerprint density at radius 2 is 1.53 bits per heavy atom. The average Bonchev–Trinajstić information content (AvgIpc) is 2.68. The molecule has 2 aromatic rings. The van der Waals surface area contributed by atoms with Crippen LogP contribution in [0.1, 0.15) is 34.0 Å². The maximum Gasteiger partial charge on any atom is 0.339 e. The van der Waals surface area contributed by atoms with E-state index >= 15 is 0 Å². The molecule has 0 aromatic heterocycles. The molecular formula is C23H16Cl2NaO6. The molecule has 0 saturated carbocycles. The second-order valence-corrected chi connectivity index (χ2v) is 7.76. The Balaban J connectivity index is 0.00000363. The van der Waals surface area contributed by atoms with Crippen LogP contribution in [-0.2, 0) is 9.59 Å². The SMILES string of the molecule is CC1=CC(=C(c2cc(C)c(O)c(C(=O)O)c2)c2c(Cl)cccc2Cl)C=C(C(=O)O)C1=O.[Na]. The number of rotatable bonds is 4. The number of carbonyl (C=O) groups is 3. The minimum Gasteiger partial charge on any atom is -0.507 e. The van der Waals surface area contributed by atoms with Gasteiger partial charge in [0.05, 0.1) is 0 Å². The number of aromatic carboxylic acids is 1. The Bertz CT molecular complexity index is 1240. The molecule has 9 heteroatoms. The number of allylic oxidation sites excluding steroid dienone is 4. The first-order chi connectivity index (χ1) is 14.5. The van der Waals surface area contributed by atoms with Gasteiger partial charge in [0, 0.05) is 45.2 Å². The second-order valence-electron chi connectivity index (χ2n) is 6.94. The number of hydrogen-bond donors (Lipinski definition) is 3. The normalized spacial score (nSPS) is 14.8. The first-order valence-electron chi connectivity index (χ1n) is 8.96. The molecule has 0 aliphatic heterocycles. The number of aryl methyl sites for hydroxylation is 1. The molecule has 32 heavy (non-hydrogen) atoms. The van der Waals surface area contributed by atoms with Crippen LogP contribution in [0.3, 0.4) is 0 Å². The van der Waals surface area contributed by atoms with Gasteiger partial charge in [0.15, 0.2) is 5.78 Å². The third-order valence-electron chi connectivity index (χ3n) is 4.83. The molecule has 0 heterocycles. The van der Waals surface area contributed by atoms with Crippen LogP contribution >= 0.6 is 23.2 Å². The molecule has 2 aromatic carbocycles. The number of carboxylic acid groups (broad SMARTS) is 2. The van der Waals surface area contributed by atoms with Gasteiger partial charge in [-0.3, -0.25) is 4.79 Å². The number of aromatic hydroxyl groups is 1. The molecule has 159 valence electrons. The van der Waals surface area contributed by atoms with Crippen LogP contribution in [0.25, 0.3) is 5.57 Å². The van der Waals surface area contributed by atoms with E-state index in [1.165, 1.54) is 38.1 Å². The first kappa shape index (κ1) is 25.9. The molecule has 3 N–H and O–H groups in total. The number of aliphatic carboxylic acids is 1. The molecular weight excluding hydrogens is 466 g/mol. The second kappa shape index (κ2) is 10.1. The van der Waals surface area contributed by atoms with Gasteiger partial charge in [-0.25, -0.2) is 9.59 Å². The molecule has 0 spiro atoms. The predicted molar refractivity (Wildman–Crippen MR) is 123 cm³/mol. The van der Waals surface area contributed by atoms with Crippen molar-refractivity contribution in [2.24, 2.45) is 0 Å². The third-order valence-corrected chi connectivity index (χ3v) is 5.46. The molecule has 1 radical (unpaired) electrons. The van der Waals surface area contributed by atoms with E-state index in [0.717, 1.165) is 0 Å². The molecule has 1 aliphatic carbocycles. The number of phenols is 1. The largest absolute Gasteiger partial charge is 0.507 e. The summed E-state index contributed by atoms with van der Waals surface area (Å²) in [5, 5.41) is 29.6. The summed E-state index contributed by atoms with van der Waals surface area (Å²) in [4.78, 5) is 35.6. The quantitative estimate of drug-likeness (QED) is 0.432. The van der Waals surface area contributed by atoms with E-state index < -0.39 is 29.0 Å². The van der Waals surface area contributed by atoms with Crippen molar-refractivity contribution < 1.29 is 29.7 Å². The third kappa shape index (κ3) is 4.85. The number of hydrogen-bond acceptors (Lipinski definition) is 4. The van der Waals surface area contributed by atoms with Crippen molar-refractivity contribution in [1.82, 2.24) is 0 Å². The molecule has 6 nitrogen and oxygen atoms in total. The van der Waals surface area contributed by atoms with E-state index in [4.69, 9.17) is 23.2 Å². The van der Waals surface area contributed by atoms with Crippen molar-refractivity contribution in [3.05, 3.63) is 91.5 Å². The number of carboxylic acids is 2. The van der Waals surface area contributed by atoms with Gasteiger partial charge in [0.2, 0.25) is 0 Å². The maximum absolute atomic E-state index is 12.3. The van der Waals surface area contributed by atoms with Crippen molar-refractivity contribution in [3.8, 4) is 5.75 Å². The zero-order valence-corrected chi connectivity index (χ0v) is 20.9. The van der Waals surface area contributed by atoms with Gasteiger partial charge >= 0.3 is 11.9 Å². The fraction of sp³-hybridized carbons (Fsp3) is 0.0870. The standard InChI is InChI=1S/C23H16Cl2O6.Na/c1-10-6-12(8-14(20(10)26)22(28)29)18(19-16(24)4-3-5-17(19)25)13-7-11(2)21(27)15(9-13)23(30)31;/h3-9,26H,1-2H3,(H,28,29)(H,30,31);. The molecule has 0 amide bonds. The Kier molecular flexibility index (Phi) is 8.15. The van der Waals surface area contributed by atoms with E-state index in [1.54, 1.807) is 18.2 Å². The molecule has 0 bridgehead atoms. The Morgan fingerprint density at radius 3 is 2.06 bits per heavy atom. The van der Waals surface area contributed by atoms with Crippen LogP contribution in [0.5, 0.6) is 5.75 Å². The summed E-state index contributed by atoms with van der Waals surface area (Å²) in [7, 11) is 0. The van der Waals surface area contributed by atoms with E-state index in [1.807, 2.05) is 0 Å². The minimum absolute atomic E-state index is 0. The summed E-state index contributed by atoms with van der Waals surface area (Å²) >= 11 is 12.8. The van der Waals surface area contributed by atoms with Crippen molar-refractivity contribution >= 4 is 76.1 Å². The summed E-state index contributed by atoms with van der Waals surface area (Å²) in [5.74, 6) is -3.76. The van der Waals surface area contributed by atoms with Crippen LogP contribution in [0.4, 0.5) is 0 Å². The van der Waals surface area contributed by atoms with Crippen LogP contribution in [0, 0.1) is 6.92 Å². The van der Waals surface area contributed by atoms with Gasteiger partial charge < -0.3 is 15.3 Å². The van der Waals surface area contributed by atoms with Crippen LogP contribution in [0.2, 0.25) is 10.0 Å². The van der Waals surface area contributed by atoms with Crippen LogP contribution < -0.4 is 0 Å². The fourth-order valence-corrected chi connectivity index (χ4v) is 3.94. The van der Waals surface area contributed by atoms with Gasteiger partial charge in [-0.2, -0.15) is 0 Å². The number of ketones is 1. The van der Waals surface area contributed by atoms with Crippen molar-refractivity contribution in [2.75, 3.05) is 0 Å². The minimum atomic E-state index is -1.40. The smallest absolute Gasteiger partial charge is 0.339 e. The number of benzene rings is 2. The van der Waals surface area contributed by atoms with Gasteiger partial charge in [-0.15, -0.1) is 0 Å². The van der Waals surface area contributed by atoms with E-state index in [0.29, 0.717) is 22.3 Å². The molecule has 3 rings (SSSR count). The number of carbonyl (C=O) groups excluding carboxylic acids is 1. The van der Waals surface area contributed by atoms with Gasteiger partial charge in [-0.1, -0.05) is 29.3 Å². The predicted octanol–water partition coefficient (Wildman–Crippen LogP) is 4.67. The van der Waals surface area contributed by atoms with Gasteiger partial charge in [-0.05, 0) is 78.1 Å². The van der Waals surface area contributed by atoms with Gasteiger partial charge in [0.25, 0.3) is 0 Å². The first-order valence-corrected chi connectivity index (χ1v) is 9.72. The Labute approximate surface area is 215 Å². The zero-order valence-electron chi connectivity index (χ0n) is 17.4. The van der Waals surface area contributed by atoms with Crippen LogP contribution in [-0.4, -0.2) is 62.6 Å². The summed E-state index contributed by atoms with van der Waals surface area (Å²) in [6.07, 6.45) is 2.70. The van der Waals surface area contributed by atoms with Crippen molar-refractivity contribution in [3.63, 3.8) is 0 Å². The summed E-state index contributed by atoms with van der Waals surface area (Å²) in [6.45, 7) is 3.01. The van der Waals surface area contributed by atoms with Crippen LogP contribution in [0.15, 0.2) is 59.2 Å². The summed E-state index contributed by atoms with van der Waals surface area (Å²) in [5.41, 5.74) is 0.989. The molecule has 0 fully saturated rings. The summed E-state index contributed by atoms with van der Waals surface area (Å²) < 4.78 is 0. The van der Waals surface area contributed by atoms with Crippen molar-refractivity contribution in [2.45, 2.75) is 13.8 Å². The Morgan fingerprint density at radius 1 is 0.938 bits per heavy atom. The van der Waals surface area contributed by atoms with Gasteiger partial charge in [0.1, 0.15) is 16.9 Å².